The fourth-order valence-electron chi connectivity index (χ4n) is 3.86. The molecule has 0 bridgehead atoms. The molecule has 1 N–H and O–H groups in total. The zero-order chi connectivity index (χ0) is 16.6. The summed E-state index contributed by atoms with van der Waals surface area (Å²) < 4.78 is 3.37. The third-order valence-electron chi connectivity index (χ3n) is 4.76. The second-order valence-electron chi connectivity index (χ2n) is 6.89. The van der Waals surface area contributed by atoms with Crippen LogP contribution in [0.15, 0.2) is 22.7 Å². The number of halogens is 1. The van der Waals surface area contributed by atoms with Gasteiger partial charge in [0.05, 0.1) is 17.1 Å². The second kappa shape index (κ2) is 6.91. The number of nitrogens with one attached hydrogen (secondary N) is 1. The molecule has 5 heteroatoms. The van der Waals surface area contributed by atoms with E-state index in [4.69, 9.17) is 4.98 Å². The average Bonchev–Trinajstić information content (AvgIpc) is 2.80. The Labute approximate surface area is 147 Å². The maximum Gasteiger partial charge on any atom is 0.127 e. The minimum atomic E-state index is 0.392. The van der Waals surface area contributed by atoms with Gasteiger partial charge in [-0.3, -0.25) is 4.90 Å². The van der Waals surface area contributed by atoms with Crippen LogP contribution >= 0.6 is 15.9 Å². The van der Waals surface area contributed by atoms with Crippen molar-refractivity contribution in [1.82, 2.24) is 19.8 Å². The number of aryl methyl sites for hydroxylation is 1. The molecule has 0 radical (unpaired) electrons. The number of hydrogen-bond acceptors (Lipinski definition) is 3. The lowest BCUT2D eigenvalue weighted by Crippen LogP contribution is -2.55. The Morgan fingerprint density at radius 1 is 1.30 bits per heavy atom. The van der Waals surface area contributed by atoms with Crippen molar-refractivity contribution in [3.05, 3.63) is 28.5 Å². The molecule has 126 valence electrons. The van der Waals surface area contributed by atoms with Crippen LogP contribution in [-0.4, -0.2) is 39.6 Å². The Morgan fingerprint density at radius 2 is 2.00 bits per heavy atom. The van der Waals surface area contributed by atoms with Crippen LogP contribution in [0.1, 0.15) is 45.5 Å². The molecule has 0 spiro atoms. The van der Waals surface area contributed by atoms with Gasteiger partial charge in [0, 0.05) is 36.7 Å². The fraction of sp³-hybridized carbons (Fsp3) is 0.611. The predicted octanol–water partition coefficient (Wildman–Crippen LogP) is 3.86. The summed E-state index contributed by atoms with van der Waals surface area (Å²) in [6, 6.07) is 7.82. The molecule has 1 aromatic heterocycles. The first-order valence-electron chi connectivity index (χ1n) is 8.61. The molecular weight excluding hydrogens is 352 g/mol. The van der Waals surface area contributed by atoms with E-state index in [1.54, 1.807) is 0 Å². The molecule has 0 saturated carbocycles. The van der Waals surface area contributed by atoms with Crippen molar-refractivity contribution in [2.45, 2.75) is 51.7 Å². The molecule has 3 rings (SSSR count). The third-order valence-corrected chi connectivity index (χ3v) is 5.26. The SMILES string of the molecule is CCC[C@H](c1nc2cc(Br)ccc2n1C)N1C[C@@H](C)N[C@@H](C)C1. The van der Waals surface area contributed by atoms with Gasteiger partial charge in [-0.05, 0) is 38.5 Å². The summed E-state index contributed by atoms with van der Waals surface area (Å²) in [5.74, 6) is 1.20. The van der Waals surface area contributed by atoms with E-state index < -0.39 is 0 Å². The Morgan fingerprint density at radius 3 is 2.65 bits per heavy atom. The standard InChI is InChI=1S/C18H27BrN4/c1-5-6-17(23-10-12(2)20-13(3)11-23)18-21-15-9-14(19)7-8-16(15)22(18)4/h7-9,12-13,17,20H,5-6,10-11H2,1-4H3/t12-,13+,17-/m1/s1. The van der Waals surface area contributed by atoms with E-state index in [1.165, 1.54) is 17.8 Å². The van der Waals surface area contributed by atoms with Crippen molar-refractivity contribution >= 4 is 27.0 Å². The van der Waals surface area contributed by atoms with Gasteiger partial charge < -0.3 is 9.88 Å². The van der Waals surface area contributed by atoms with Crippen molar-refractivity contribution < 1.29 is 0 Å². The van der Waals surface area contributed by atoms with E-state index in [2.05, 4.69) is 76.7 Å². The highest BCUT2D eigenvalue weighted by Gasteiger charge is 2.30. The quantitative estimate of drug-likeness (QED) is 0.876. The summed E-state index contributed by atoms with van der Waals surface area (Å²) in [4.78, 5) is 7.60. The Bertz CT molecular complexity index is 671. The molecule has 1 aliphatic heterocycles. The summed E-state index contributed by atoms with van der Waals surface area (Å²) in [6.07, 6.45) is 2.32. The van der Waals surface area contributed by atoms with Crippen molar-refractivity contribution in [2.75, 3.05) is 13.1 Å². The Hall–Kier alpha value is -0.910. The van der Waals surface area contributed by atoms with Gasteiger partial charge in [-0.1, -0.05) is 29.3 Å². The normalized spacial score (nSPS) is 24.2. The molecule has 1 aromatic carbocycles. The van der Waals surface area contributed by atoms with Gasteiger partial charge in [-0.2, -0.15) is 0 Å². The number of nitrogens with zero attached hydrogens (tertiary/aromatic N) is 3. The van der Waals surface area contributed by atoms with Gasteiger partial charge in [-0.25, -0.2) is 4.98 Å². The first-order valence-corrected chi connectivity index (χ1v) is 9.40. The number of aromatic nitrogens is 2. The zero-order valence-corrected chi connectivity index (χ0v) is 16.1. The Balaban J connectivity index is 1.99. The maximum absolute atomic E-state index is 4.99. The summed E-state index contributed by atoms with van der Waals surface area (Å²) in [5.41, 5.74) is 2.29. The van der Waals surface area contributed by atoms with Gasteiger partial charge in [0.25, 0.3) is 0 Å². The smallest absolute Gasteiger partial charge is 0.127 e. The highest BCUT2D eigenvalue weighted by atomic mass is 79.9. The number of benzene rings is 1. The van der Waals surface area contributed by atoms with E-state index in [1.807, 2.05) is 0 Å². The van der Waals surface area contributed by atoms with Crippen LogP contribution in [0.3, 0.4) is 0 Å². The van der Waals surface area contributed by atoms with Crippen LogP contribution in [0, 0.1) is 0 Å². The van der Waals surface area contributed by atoms with Crippen molar-refractivity contribution in [1.29, 1.82) is 0 Å². The van der Waals surface area contributed by atoms with Crippen LogP contribution in [0.2, 0.25) is 0 Å². The third kappa shape index (κ3) is 3.47. The zero-order valence-electron chi connectivity index (χ0n) is 14.5. The van der Waals surface area contributed by atoms with Crippen LogP contribution in [0.5, 0.6) is 0 Å². The topological polar surface area (TPSA) is 33.1 Å². The molecule has 0 aliphatic carbocycles. The monoisotopic (exact) mass is 378 g/mol. The molecular formula is C18H27BrN4. The minimum absolute atomic E-state index is 0.392. The number of hydrogen-bond donors (Lipinski definition) is 1. The Kier molecular flexibility index (Phi) is 5.09. The lowest BCUT2D eigenvalue weighted by Gasteiger charge is -2.40. The van der Waals surface area contributed by atoms with E-state index in [-0.39, 0.29) is 0 Å². The summed E-state index contributed by atoms with van der Waals surface area (Å²) >= 11 is 3.56. The molecule has 2 heterocycles. The van der Waals surface area contributed by atoms with Crippen LogP contribution in [-0.2, 0) is 7.05 Å². The predicted molar refractivity (Wildman–Crippen MR) is 99.7 cm³/mol. The maximum atomic E-state index is 4.99. The van der Waals surface area contributed by atoms with Gasteiger partial charge in [0.2, 0.25) is 0 Å². The van der Waals surface area contributed by atoms with Gasteiger partial charge in [0.15, 0.2) is 0 Å². The number of imidazole rings is 1. The summed E-state index contributed by atoms with van der Waals surface area (Å²) in [6.45, 7) is 8.99. The van der Waals surface area contributed by atoms with Crippen LogP contribution < -0.4 is 5.32 Å². The minimum Gasteiger partial charge on any atom is -0.330 e. The summed E-state index contributed by atoms with van der Waals surface area (Å²) in [5, 5.41) is 3.63. The highest BCUT2D eigenvalue weighted by Crippen LogP contribution is 2.30. The molecule has 3 atom stereocenters. The first kappa shape index (κ1) is 16.9. The fourth-order valence-corrected chi connectivity index (χ4v) is 4.21. The molecule has 1 saturated heterocycles. The number of fused-ring (bicyclic) bond motifs is 1. The van der Waals surface area contributed by atoms with Crippen molar-refractivity contribution in [3.63, 3.8) is 0 Å². The molecule has 1 aliphatic rings. The lowest BCUT2D eigenvalue weighted by atomic mass is 10.0. The van der Waals surface area contributed by atoms with Crippen molar-refractivity contribution in [2.24, 2.45) is 7.05 Å². The molecule has 0 unspecified atom stereocenters. The largest absolute Gasteiger partial charge is 0.330 e. The van der Waals surface area contributed by atoms with Gasteiger partial charge in [-0.15, -0.1) is 0 Å². The molecule has 1 fully saturated rings. The summed E-state index contributed by atoms with van der Waals surface area (Å²) in [7, 11) is 2.15. The van der Waals surface area contributed by atoms with Crippen molar-refractivity contribution in [3.8, 4) is 0 Å². The van der Waals surface area contributed by atoms with E-state index in [9.17, 15) is 0 Å². The van der Waals surface area contributed by atoms with Crippen LogP contribution in [0.25, 0.3) is 11.0 Å². The lowest BCUT2D eigenvalue weighted by molar-refractivity contribution is 0.110. The molecule has 0 amide bonds. The van der Waals surface area contributed by atoms with Crippen LogP contribution in [0.4, 0.5) is 0 Å². The molecule has 4 nitrogen and oxygen atoms in total. The van der Waals surface area contributed by atoms with Gasteiger partial charge in [0.1, 0.15) is 5.82 Å². The highest BCUT2D eigenvalue weighted by molar-refractivity contribution is 9.10. The van der Waals surface area contributed by atoms with E-state index >= 15 is 0 Å². The van der Waals surface area contributed by atoms with E-state index in [0.717, 1.165) is 29.5 Å². The average molecular weight is 379 g/mol. The van der Waals surface area contributed by atoms with Gasteiger partial charge >= 0.3 is 0 Å². The molecule has 23 heavy (non-hydrogen) atoms. The first-order chi connectivity index (χ1) is 11.0. The van der Waals surface area contributed by atoms with E-state index in [0.29, 0.717) is 18.1 Å². The number of rotatable bonds is 4. The number of piperazine rings is 1. The molecule has 2 aromatic rings. The second-order valence-corrected chi connectivity index (χ2v) is 7.80.